The molecule has 0 aliphatic carbocycles. The Bertz CT molecular complexity index is 2510. The van der Waals surface area contributed by atoms with Crippen molar-refractivity contribution in [3.63, 3.8) is 0 Å². The van der Waals surface area contributed by atoms with Crippen molar-refractivity contribution in [1.82, 2.24) is 20.0 Å². The first-order valence-electron chi connectivity index (χ1n) is 24.7. The molecular formula is C56H70F4N4O9. The first-order chi connectivity index (χ1) is 35.2. The average Bonchev–Trinajstić information content (AvgIpc) is 4.08. The van der Waals surface area contributed by atoms with Crippen molar-refractivity contribution in [2.45, 2.75) is 64.5 Å². The Kier molecular flexibility index (Phi) is 20.8. The van der Waals surface area contributed by atoms with Crippen LogP contribution in [0.3, 0.4) is 0 Å². The summed E-state index contributed by atoms with van der Waals surface area (Å²) in [5.41, 5.74) is 2.89. The molecule has 3 saturated heterocycles. The lowest BCUT2D eigenvalue weighted by atomic mass is 9.99. The molecule has 1 N–H and O–H groups in total. The molecule has 3 heterocycles. The molecular weight excluding hydrogens is 949 g/mol. The van der Waals surface area contributed by atoms with Gasteiger partial charge >= 0.3 is 0 Å². The summed E-state index contributed by atoms with van der Waals surface area (Å²) < 4.78 is 93.3. The maximum atomic E-state index is 14.4. The molecule has 2 atom stereocenters. The maximum absolute atomic E-state index is 14.4. The molecule has 73 heavy (non-hydrogen) atoms. The quantitative estimate of drug-likeness (QED) is 0.0853. The fraction of sp³-hybridized carbons (Fsp3) is 0.464. The van der Waals surface area contributed by atoms with Gasteiger partial charge in [-0.3, -0.25) is 14.5 Å². The summed E-state index contributed by atoms with van der Waals surface area (Å²) in [6.45, 7) is 9.78. The summed E-state index contributed by atoms with van der Waals surface area (Å²) in [5, 5.41) is 3.41. The molecule has 7 rings (SSSR count). The van der Waals surface area contributed by atoms with Crippen LogP contribution in [0.25, 0.3) is 12.2 Å². The normalized spacial score (nSPS) is 17.4. The van der Waals surface area contributed by atoms with E-state index in [1.54, 1.807) is 46.2 Å². The predicted molar refractivity (Wildman–Crippen MR) is 273 cm³/mol. The zero-order chi connectivity index (χ0) is 52.6. The number of hydrogen-bond donors (Lipinski definition) is 1. The third kappa shape index (κ3) is 15.1. The van der Waals surface area contributed by atoms with Crippen LogP contribution in [0.2, 0.25) is 0 Å². The molecule has 0 saturated carbocycles. The summed E-state index contributed by atoms with van der Waals surface area (Å²) in [7, 11) is 9.04. The number of rotatable bonds is 20. The highest BCUT2D eigenvalue weighted by molar-refractivity contribution is 5.96. The second-order valence-corrected chi connectivity index (χ2v) is 18.7. The molecule has 4 aromatic carbocycles. The van der Waals surface area contributed by atoms with Gasteiger partial charge in [-0.2, -0.15) is 0 Å². The lowest BCUT2D eigenvalue weighted by Gasteiger charge is -2.34. The first-order valence-corrected chi connectivity index (χ1v) is 24.7. The number of halogens is 4. The van der Waals surface area contributed by atoms with Crippen LogP contribution in [0.4, 0.5) is 17.6 Å². The number of likely N-dealkylation sites (tertiary alicyclic amines) is 1. The van der Waals surface area contributed by atoms with Crippen LogP contribution >= 0.6 is 0 Å². The minimum Gasteiger partial charge on any atom is -0.493 e. The van der Waals surface area contributed by atoms with Gasteiger partial charge in [0.1, 0.15) is 23.3 Å². The van der Waals surface area contributed by atoms with Gasteiger partial charge in [0.15, 0.2) is 23.0 Å². The standard InChI is InChI=1S/C31H40F2N2O5.C25H30F2N2O4/c1-21(14-23-7-8-25(32)17-27(23)33)18-35(20-26-6-5-11-34(26)19-22-9-12-40-13-10-22)31(36)24-15-28(37-2)30(39-4)29(16-24)38-3;1-16(10-17-7-8-19(26)13-21(17)27)14-29(15-20-6-5-9-28-20)25(30)18-11-22(31-2)24(33-4)23(12-18)32-3/h7-8,14-17,22,26H,5-6,9-13,18-20H2,1-4H3;7-8,10-13,20,28H,5-6,9,14-15H2,1-4H3/b21-14+;16-10+. The van der Waals surface area contributed by atoms with Gasteiger partial charge in [0.05, 0.1) is 42.7 Å². The SMILES string of the molecule is COc1cc(C(=O)N(C/C(C)=C/c2ccc(F)cc2F)CC2CCCN2)cc(OC)c1OC.COc1cc(C(=O)N(C/C(C)=C/c2ccc(F)cc2F)CC2CCCN2CC2CCOCC2)cc(OC)c1OC. The van der Waals surface area contributed by atoms with Crippen LogP contribution in [-0.4, -0.2) is 140 Å². The molecule has 0 radical (unpaired) electrons. The third-order valence-corrected chi connectivity index (χ3v) is 13.4. The van der Waals surface area contributed by atoms with Gasteiger partial charge < -0.3 is 48.3 Å². The zero-order valence-electron chi connectivity index (χ0n) is 43.3. The highest BCUT2D eigenvalue weighted by Gasteiger charge is 2.32. The summed E-state index contributed by atoms with van der Waals surface area (Å²) >= 11 is 0. The van der Waals surface area contributed by atoms with Crippen LogP contribution in [0.5, 0.6) is 34.5 Å². The third-order valence-electron chi connectivity index (χ3n) is 13.4. The van der Waals surface area contributed by atoms with Crippen LogP contribution in [0, 0.1) is 29.2 Å². The predicted octanol–water partition coefficient (Wildman–Crippen LogP) is 9.72. The van der Waals surface area contributed by atoms with Gasteiger partial charge in [-0.15, -0.1) is 0 Å². The van der Waals surface area contributed by atoms with E-state index in [0.717, 1.165) is 94.7 Å². The van der Waals surface area contributed by atoms with E-state index in [0.29, 0.717) is 64.6 Å². The number of benzene rings is 4. The lowest BCUT2D eigenvalue weighted by Crippen LogP contribution is -2.45. The summed E-state index contributed by atoms with van der Waals surface area (Å²) in [5.74, 6) is 0.0373. The van der Waals surface area contributed by atoms with E-state index in [1.165, 1.54) is 66.9 Å². The van der Waals surface area contributed by atoms with Crippen molar-refractivity contribution >= 4 is 24.0 Å². The first kappa shape index (κ1) is 56.0. The van der Waals surface area contributed by atoms with Crippen LogP contribution in [0.1, 0.15) is 84.2 Å². The second kappa shape index (κ2) is 27.1. The number of hydrogen-bond acceptors (Lipinski definition) is 11. The number of amides is 2. The Balaban J connectivity index is 0.000000243. The van der Waals surface area contributed by atoms with Crippen LogP contribution < -0.4 is 33.7 Å². The summed E-state index contributed by atoms with van der Waals surface area (Å²) in [6.07, 6.45) is 9.50. The molecule has 3 aliphatic rings. The van der Waals surface area contributed by atoms with E-state index >= 15 is 0 Å². The molecule has 0 spiro atoms. The van der Waals surface area contributed by atoms with Gasteiger partial charge in [0.25, 0.3) is 11.8 Å². The van der Waals surface area contributed by atoms with E-state index in [2.05, 4.69) is 10.2 Å². The monoisotopic (exact) mass is 1020 g/mol. The van der Waals surface area contributed by atoms with Gasteiger partial charge in [-0.25, -0.2) is 17.6 Å². The summed E-state index contributed by atoms with van der Waals surface area (Å²) in [6, 6.07) is 13.9. The fourth-order valence-corrected chi connectivity index (χ4v) is 9.71. The number of carbonyl (C=O) groups excluding carboxylic acids is 2. The minimum absolute atomic E-state index is 0.173. The molecule has 2 unspecified atom stereocenters. The van der Waals surface area contributed by atoms with Gasteiger partial charge in [-0.1, -0.05) is 23.3 Å². The van der Waals surface area contributed by atoms with E-state index in [4.69, 9.17) is 33.2 Å². The Hall–Kier alpha value is -6.30. The number of nitrogens with zero attached hydrogens (tertiary/aromatic N) is 3. The molecule has 4 aromatic rings. The van der Waals surface area contributed by atoms with E-state index in [1.807, 2.05) is 13.8 Å². The molecule has 13 nitrogen and oxygen atoms in total. The van der Waals surface area contributed by atoms with E-state index < -0.39 is 23.3 Å². The molecule has 2 amide bonds. The van der Waals surface area contributed by atoms with Crippen molar-refractivity contribution in [3.8, 4) is 34.5 Å². The topological polar surface area (TPSA) is 121 Å². The fourth-order valence-electron chi connectivity index (χ4n) is 9.71. The average molecular weight is 1020 g/mol. The lowest BCUT2D eigenvalue weighted by molar-refractivity contribution is 0.0467. The van der Waals surface area contributed by atoms with Crippen molar-refractivity contribution in [3.05, 3.63) is 117 Å². The summed E-state index contributed by atoms with van der Waals surface area (Å²) in [4.78, 5) is 33.6. The molecule has 0 bridgehead atoms. The van der Waals surface area contributed by atoms with E-state index in [9.17, 15) is 27.2 Å². The van der Waals surface area contributed by atoms with Crippen molar-refractivity contribution in [2.75, 3.05) is 102 Å². The smallest absolute Gasteiger partial charge is 0.254 e. The van der Waals surface area contributed by atoms with Gasteiger partial charge in [0.2, 0.25) is 11.5 Å². The van der Waals surface area contributed by atoms with Crippen molar-refractivity contribution in [1.29, 1.82) is 0 Å². The Morgan fingerprint density at radius 2 is 1.10 bits per heavy atom. The molecule has 0 aromatic heterocycles. The molecule has 17 heteroatoms. The number of methoxy groups -OCH3 is 6. The minimum atomic E-state index is -0.644. The Morgan fingerprint density at radius 3 is 1.51 bits per heavy atom. The van der Waals surface area contributed by atoms with Crippen molar-refractivity contribution < 1.29 is 60.3 Å². The second-order valence-electron chi connectivity index (χ2n) is 18.7. The number of nitrogens with one attached hydrogen (secondary N) is 1. The molecule has 3 aliphatic heterocycles. The molecule has 3 fully saturated rings. The Labute approximate surface area is 426 Å². The Morgan fingerprint density at radius 1 is 0.630 bits per heavy atom. The highest BCUT2D eigenvalue weighted by atomic mass is 19.1. The molecule has 396 valence electrons. The number of ether oxygens (including phenoxy) is 7. The largest absolute Gasteiger partial charge is 0.493 e. The van der Waals surface area contributed by atoms with Gasteiger partial charge in [0, 0.05) is 92.4 Å². The van der Waals surface area contributed by atoms with Crippen LogP contribution in [0.15, 0.2) is 71.8 Å². The number of carbonyl (C=O) groups is 2. The van der Waals surface area contributed by atoms with Crippen LogP contribution in [-0.2, 0) is 4.74 Å². The van der Waals surface area contributed by atoms with E-state index in [-0.39, 0.29) is 48.1 Å². The highest BCUT2D eigenvalue weighted by Crippen LogP contribution is 2.40. The van der Waals surface area contributed by atoms with Gasteiger partial charge in [-0.05, 0) is 120 Å². The maximum Gasteiger partial charge on any atom is 0.254 e. The zero-order valence-corrected chi connectivity index (χ0v) is 43.3. The van der Waals surface area contributed by atoms with Crippen molar-refractivity contribution in [2.24, 2.45) is 5.92 Å².